The number of nitrogens with zero attached hydrogens (tertiary/aromatic N) is 3. The first kappa shape index (κ1) is 24.1. The second-order valence-corrected chi connectivity index (χ2v) is 10.9. The van der Waals surface area contributed by atoms with E-state index in [0.29, 0.717) is 28.7 Å². The lowest BCUT2D eigenvalue weighted by Crippen LogP contribution is -2.50. The summed E-state index contributed by atoms with van der Waals surface area (Å²) in [5.74, 6) is -0.274. The molecule has 0 N–H and O–H groups in total. The van der Waals surface area contributed by atoms with Gasteiger partial charge in [0.05, 0.1) is 33.4 Å². The van der Waals surface area contributed by atoms with Crippen molar-refractivity contribution in [1.29, 1.82) is 0 Å². The summed E-state index contributed by atoms with van der Waals surface area (Å²) in [5.41, 5.74) is 0.364. The zero-order valence-corrected chi connectivity index (χ0v) is 21.3. The van der Waals surface area contributed by atoms with E-state index in [1.54, 1.807) is 23.1 Å². The van der Waals surface area contributed by atoms with Crippen LogP contribution in [0.2, 0.25) is 10.0 Å². The summed E-state index contributed by atoms with van der Waals surface area (Å²) in [7, 11) is 6.33. The maximum atomic E-state index is 13.7. The molecule has 1 atom stereocenters. The standard InChI is InChI=1S/C23H27BrCl2N3O2/c1-23(15-16-6-8-17(24)9-7-16)21(30)28(20-13-18(25)12-19(26)14-20)22(31)27(23)10-5-11-29(2,3)4/h6-9,12-14H,5,10-11,15H2,1-4H3/q+1. The molecule has 0 saturated carbocycles. The zero-order valence-electron chi connectivity index (χ0n) is 18.2. The van der Waals surface area contributed by atoms with E-state index in [0.717, 1.165) is 27.5 Å². The highest BCUT2D eigenvalue weighted by molar-refractivity contribution is 9.10. The minimum atomic E-state index is -1.01. The van der Waals surface area contributed by atoms with Crippen molar-refractivity contribution in [2.45, 2.75) is 25.3 Å². The first-order chi connectivity index (χ1) is 14.4. The van der Waals surface area contributed by atoms with Gasteiger partial charge in [-0.2, -0.15) is 0 Å². The van der Waals surface area contributed by atoms with Gasteiger partial charge in [0.2, 0.25) is 0 Å². The third kappa shape index (κ3) is 5.43. The van der Waals surface area contributed by atoms with E-state index in [2.05, 4.69) is 37.1 Å². The number of carbonyl (C=O) groups is 2. The molecule has 3 amide bonds. The molecule has 1 aliphatic heterocycles. The summed E-state index contributed by atoms with van der Waals surface area (Å²) in [4.78, 5) is 30.1. The van der Waals surface area contributed by atoms with Crippen molar-refractivity contribution < 1.29 is 14.1 Å². The average Bonchev–Trinajstić information content (AvgIpc) is 2.82. The first-order valence-corrected chi connectivity index (χ1v) is 11.6. The number of halogens is 3. The fraction of sp³-hybridized carbons (Fsp3) is 0.391. The van der Waals surface area contributed by atoms with Crippen LogP contribution in [-0.2, 0) is 11.2 Å². The minimum Gasteiger partial charge on any atom is -0.331 e. The van der Waals surface area contributed by atoms with Crippen LogP contribution in [0, 0.1) is 0 Å². The largest absolute Gasteiger partial charge is 0.332 e. The Balaban J connectivity index is 1.98. The third-order valence-corrected chi connectivity index (χ3v) is 6.42. The lowest BCUT2D eigenvalue weighted by atomic mass is 9.91. The summed E-state index contributed by atoms with van der Waals surface area (Å²) in [5, 5.41) is 0.752. The molecule has 0 bridgehead atoms. The van der Waals surface area contributed by atoms with E-state index < -0.39 is 5.54 Å². The number of quaternary nitrogens is 1. The van der Waals surface area contributed by atoms with Crippen LogP contribution < -0.4 is 4.90 Å². The number of imide groups is 1. The Morgan fingerprint density at radius 1 is 1.00 bits per heavy atom. The fourth-order valence-corrected chi connectivity index (χ4v) is 4.67. The summed E-state index contributed by atoms with van der Waals surface area (Å²) >= 11 is 15.8. The van der Waals surface area contributed by atoms with Crippen molar-refractivity contribution in [3.8, 4) is 0 Å². The SMILES string of the molecule is CC1(Cc2ccc(Br)cc2)C(=O)N(c2cc(Cl)cc(Cl)c2)C(=O)N1CCC[N+](C)(C)C. The van der Waals surface area contributed by atoms with Crippen molar-refractivity contribution in [2.75, 3.05) is 39.1 Å². The molecule has 0 spiro atoms. The Morgan fingerprint density at radius 3 is 2.13 bits per heavy atom. The van der Waals surface area contributed by atoms with Gasteiger partial charge >= 0.3 is 6.03 Å². The molecular weight excluding hydrogens is 501 g/mol. The number of hydrogen-bond acceptors (Lipinski definition) is 2. The molecule has 3 rings (SSSR count). The second kappa shape index (κ2) is 9.10. The van der Waals surface area contributed by atoms with Crippen LogP contribution in [0.15, 0.2) is 46.9 Å². The topological polar surface area (TPSA) is 40.6 Å². The van der Waals surface area contributed by atoms with Crippen molar-refractivity contribution in [3.63, 3.8) is 0 Å². The van der Waals surface area contributed by atoms with Crippen molar-refractivity contribution in [1.82, 2.24) is 4.90 Å². The Labute approximate surface area is 202 Å². The second-order valence-electron chi connectivity index (χ2n) is 9.15. The van der Waals surface area contributed by atoms with Crippen molar-refractivity contribution in [2.24, 2.45) is 0 Å². The van der Waals surface area contributed by atoms with Gasteiger partial charge in [0.25, 0.3) is 5.91 Å². The van der Waals surface area contributed by atoms with E-state index in [1.807, 2.05) is 31.2 Å². The maximum absolute atomic E-state index is 13.7. The summed E-state index contributed by atoms with van der Waals surface area (Å²) in [6.07, 6.45) is 1.20. The van der Waals surface area contributed by atoms with Crippen LogP contribution >= 0.6 is 39.1 Å². The van der Waals surface area contributed by atoms with Gasteiger partial charge in [0, 0.05) is 33.9 Å². The predicted molar refractivity (Wildman–Crippen MR) is 130 cm³/mol. The number of amides is 3. The molecule has 1 heterocycles. The summed E-state index contributed by atoms with van der Waals surface area (Å²) in [6.45, 7) is 3.21. The molecule has 0 aliphatic carbocycles. The molecule has 2 aromatic rings. The van der Waals surface area contributed by atoms with Crippen LogP contribution in [0.1, 0.15) is 18.9 Å². The fourth-order valence-electron chi connectivity index (χ4n) is 3.89. The number of rotatable bonds is 7. The van der Waals surface area contributed by atoms with Crippen molar-refractivity contribution in [3.05, 3.63) is 62.5 Å². The number of hydrogen-bond donors (Lipinski definition) is 0. The molecule has 31 heavy (non-hydrogen) atoms. The zero-order chi connectivity index (χ0) is 23.0. The maximum Gasteiger partial charge on any atom is 0.332 e. The van der Waals surface area contributed by atoms with Gasteiger partial charge in [0.1, 0.15) is 5.54 Å². The Kier molecular flexibility index (Phi) is 7.06. The van der Waals surface area contributed by atoms with Gasteiger partial charge < -0.3 is 9.38 Å². The lowest BCUT2D eigenvalue weighted by Gasteiger charge is -2.33. The molecule has 1 saturated heterocycles. The van der Waals surface area contributed by atoms with Gasteiger partial charge in [-0.15, -0.1) is 0 Å². The van der Waals surface area contributed by atoms with Gasteiger partial charge in [0.15, 0.2) is 0 Å². The van der Waals surface area contributed by atoms with E-state index in [9.17, 15) is 9.59 Å². The number of urea groups is 1. The highest BCUT2D eigenvalue weighted by atomic mass is 79.9. The van der Waals surface area contributed by atoms with Crippen LogP contribution in [0.25, 0.3) is 0 Å². The molecule has 1 fully saturated rings. The van der Waals surface area contributed by atoms with E-state index in [4.69, 9.17) is 23.2 Å². The van der Waals surface area contributed by atoms with Crippen molar-refractivity contribution >= 4 is 56.8 Å². The van der Waals surface area contributed by atoms with E-state index >= 15 is 0 Å². The smallest absolute Gasteiger partial charge is 0.331 e. The molecule has 5 nitrogen and oxygen atoms in total. The molecule has 1 aliphatic rings. The van der Waals surface area contributed by atoms with Gasteiger partial charge in [-0.05, 0) is 42.8 Å². The molecule has 1 unspecified atom stereocenters. The van der Waals surface area contributed by atoms with Gasteiger partial charge in [-0.3, -0.25) is 4.79 Å². The summed E-state index contributed by atoms with van der Waals surface area (Å²) in [6, 6.07) is 12.2. The first-order valence-electron chi connectivity index (χ1n) is 10.1. The molecule has 0 aromatic heterocycles. The average molecular weight is 528 g/mol. The van der Waals surface area contributed by atoms with Crippen LogP contribution in [-0.4, -0.2) is 61.1 Å². The number of carbonyl (C=O) groups excluding carboxylic acids is 2. The monoisotopic (exact) mass is 526 g/mol. The van der Waals surface area contributed by atoms with Crippen LogP contribution in [0.3, 0.4) is 0 Å². The Morgan fingerprint density at radius 2 is 1.58 bits per heavy atom. The third-order valence-electron chi connectivity index (χ3n) is 5.46. The molecule has 166 valence electrons. The highest BCUT2D eigenvalue weighted by Crippen LogP contribution is 2.37. The molecule has 8 heteroatoms. The Bertz CT molecular complexity index is 971. The summed E-state index contributed by atoms with van der Waals surface area (Å²) < 4.78 is 1.75. The molecule has 2 aromatic carbocycles. The van der Waals surface area contributed by atoms with E-state index in [1.165, 1.54) is 4.90 Å². The normalized spacial score (nSPS) is 19.5. The highest BCUT2D eigenvalue weighted by Gasteiger charge is 2.54. The van der Waals surface area contributed by atoms with Crippen LogP contribution in [0.4, 0.5) is 10.5 Å². The lowest BCUT2D eigenvalue weighted by molar-refractivity contribution is -0.870. The number of benzene rings is 2. The van der Waals surface area contributed by atoms with Gasteiger partial charge in [-0.25, -0.2) is 9.69 Å². The quantitative estimate of drug-likeness (QED) is 0.346. The van der Waals surface area contributed by atoms with Gasteiger partial charge in [-0.1, -0.05) is 51.3 Å². The van der Waals surface area contributed by atoms with E-state index in [-0.39, 0.29) is 11.9 Å². The minimum absolute atomic E-state index is 0.274. The Hall–Kier alpha value is -1.60. The predicted octanol–water partition coefficient (Wildman–Crippen LogP) is 5.62. The number of anilines is 1. The van der Waals surface area contributed by atoms with Crippen LogP contribution in [0.5, 0.6) is 0 Å². The molecular formula is C23H27BrCl2N3O2+. The molecule has 0 radical (unpaired) electrons.